The third-order valence-corrected chi connectivity index (χ3v) is 3.95. The molecule has 1 aliphatic carbocycles. The van der Waals surface area contributed by atoms with Crippen molar-refractivity contribution in [3.05, 3.63) is 0 Å². The van der Waals surface area contributed by atoms with Crippen LogP contribution in [-0.4, -0.2) is 35.1 Å². The molecule has 2 rings (SSSR count). The second-order valence-electron chi connectivity index (χ2n) is 5.31. The van der Waals surface area contributed by atoms with Crippen LogP contribution in [0.25, 0.3) is 0 Å². The lowest BCUT2D eigenvalue weighted by atomic mass is 9.81. The normalized spacial score (nSPS) is 36.5. The molecule has 1 N–H and O–H groups in total. The second-order valence-corrected chi connectivity index (χ2v) is 5.31. The van der Waals surface area contributed by atoms with Crippen molar-refractivity contribution in [3.8, 4) is 0 Å². The minimum Gasteiger partial charge on any atom is -0.481 e. The molecule has 3 nitrogen and oxygen atoms in total. The second kappa shape index (κ2) is 4.52. The summed E-state index contributed by atoms with van der Waals surface area (Å²) in [6.07, 6.45) is 5.13. The molecule has 2 fully saturated rings. The van der Waals surface area contributed by atoms with Gasteiger partial charge in [0.15, 0.2) is 0 Å². The van der Waals surface area contributed by atoms with Crippen LogP contribution in [0.2, 0.25) is 0 Å². The highest BCUT2D eigenvalue weighted by atomic mass is 16.4. The number of nitrogens with zero attached hydrogens (tertiary/aromatic N) is 1. The number of hydrogen-bond donors (Lipinski definition) is 1. The van der Waals surface area contributed by atoms with E-state index in [2.05, 4.69) is 11.8 Å². The van der Waals surface area contributed by atoms with E-state index >= 15 is 0 Å². The first-order valence-electron chi connectivity index (χ1n) is 6.11. The molecule has 0 aromatic rings. The molecule has 86 valence electrons. The summed E-state index contributed by atoms with van der Waals surface area (Å²) in [4.78, 5) is 13.0. The molecule has 0 radical (unpaired) electrons. The minimum atomic E-state index is -0.647. The van der Waals surface area contributed by atoms with E-state index in [4.69, 9.17) is 5.11 Å². The van der Waals surface area contributed by atoms with Crippen LogP contribution in [0.3, 0.4) is 0 Å². The Bertz CT molecular complexity index is 236. The Labute approximate surface area is 91.5 Å². The van der Waals surface area contributed by atoms with Gasteiger partial charge in [-0.1, -0.05) is 6.92 Å². The maximum Gasteiger partial charge on any atom is 0.303 e. The Kier molecular flexibility index (Phi) is 3.29. The van der Waals surface area contributed by atoms with Crippen molar-refractivity contribution < 1.29 is 9.90 Å². The van der Waals surface area contributed by atoms with E-state index in [1.54, 1.807) is 0 Å². The van der Waals surface area contributed by atoms with E-state index in [9.17, 15) is 4.79 Å². The number of aliphatic carboxylic acids is 1. The molecule has 1 atom stereocenters. The maximum absolute atomic E-state index is 10.5. The molecule has 0 aromatic heterocycles. The van der Waals surface area contributed by atoms with Crippen LogP contribution < -0.4 is 0 Å². The summed E-state index contributed by atoms with van der Waals surface area (Å²) in [5.74, 6) is 0.899. The number of rotatable bonds is 4. The smallest absolute Gasteiger partial charge is 0.303 e. The third-order valence-electron chi connectivity index (χ3n) is 3.95. The molecule has 1 saturated carbocycles. The Morgan fingerprint density at radius 1 is 1.47 bits per heavy atom. The number of likely N-dealkylation sites (tertiary alicyclic amines) is 1. The summed E-state index contributed by atoms with van der Waals surface area (Å²) in [5.41, 5.74) is 0. The highest BCUT2D eigenvalue weighted by Gasteiger charge is 2.34. The van der Waals surface area contributed by atoms with Gasteiger partial charge in [0.05, 0.1) is 0 Å². The first-order valence-corrected chi connectivity index (χ1v) is 6.11. The average Bonchev–Trinajstić information content (AvgIpc) is 2.57. The fraction of sp³-hybridized carbons (Fsp3) is 0.917. The quantitative estimate of drug-likeness (QED) is 0.773. The molecule has 1 aliphatic heterocycles. The van der Waals surface area contributed by atoms with Crippen molar-refractivity contribution in [3.63, 3.8) is 0 Å². The molecule has 2 aliphatic rings. The van der Waals surface area contributed by atoms with Gasteiger partial charge in [-0.2, -0.15) is 0 Å². The zero-order valence-corrected chi connectivity index (χ0v) is 9.48. The van der Waals surface area contributed by atoms with E-state index in [1.165, 1.54) is 25.8 Å². The van der Waals surface area contributed by atoms with Gasteiger partial charge in [0, 0.05) is 19.0 Å². The van der Waals surface area contributed by atoms with Crippen molar-refractivity contribution in [2.75, 3.05) is 13.1 Å². The van der Waals surface area contributed by atoms with Crippen LogP contribution in [-0.2, 0) is 4.79 Å². The van der Waals surface area contributed by atoms with Crippen LogP contribution in [0.4, 0.5) is 0 Å². The first-order chi connectivity index (χ1) is 7.15. The molecule has 15 heavy (non-hydrogen) atoms. The predicted molar refractivity (Wildman–Crippen MR) is 58.7 cm³/mol. The number of carboxylic acid groups (broad SMARTS) is 1. The zero-order chi connectivity index (χ0) is 10.8. The molecule has 0 amide bonds. The van der Waals surface area contributed by atoms with Gasteiger partial charge in [-0.05, 0) is 44.1 Å². The standard InChI is InChI=1S/C12H21NO2/c1-9-6-11(7-9)13-5-4-10(8-13)2-3-12(14)15/h9-11H,2-8H2,1H3,(H,14,15). The van der Waals surface area contributed by atoms with E-state index < -0.39 is 5.97 Å². The van der Waals surface area contributed by atoms with Crippen LogP contribution in [0.5, 0.6) is 0 Å². The lowest BCUT2D eigenvalue weighted by Gasteiger charge is -2.39. The maximum atomic E-state index is 10.5. The fourth-order valence-corrected chi connectivity index (χ4v) is 2.92. The Hall–Kier alpha value is -0.570. The van der Waals surface area contributed by atoms with Gasteiger partial charge in [0.1, 0.15) is 0 Å². The Balaban J connectivity index is 1.68. The number of carboxylic acids is 1. The highest BCUT2D eigenvalue weighted by molar-refractivity contribution is 5.66. The lowest BCUT2D eigenvalue weighted by molar-refractivity contribution is -0.137. The van der Waals surface area contributed by atoms with E-state index in [0.29, 0.717) is 12.3 Å². The molecule has 0 bridgehead atoms. The van der Waals surface area contributed by atoms with Gasteiger partial charge in [-0.25, -0.2) is 0 Å². The summed E-state index contributed by atoms with van der Waals surface area (Å²) in [6.45, 7) is 4.65. The van der Waals surface area contributed by atoms with Gasteiger partial charge >= 0.3 is 5.97 Å². The highest BCUT2D eigenvalue weighted by Crippen LogP contribution is 2.35. The van der Waals surface area contributed by atoms with Gasteiger partial charge in [0.2, 0.25) is 0 Å². The summed E-state index contributed by atoms with van der Waals surface area (Å²) in [7, 11) is 0. The van der Waals surface area contributed by atoms with Crippen molar-refractivity contribution in [2.45, 2.75) is 45.1 Å². The van der Waals surface area contributed by atoms with Gasteiger partial charge < -0.3 is 10.0 Å². The average molecular weight is 211 g/mol. The largest absolute Gasteiger partial charge is 0.481 e. The van der Waals surface area contributed by atoms with Crippen LogP contribution in [0.1, 0.15) is 39.0 Å². The third kappa shape index (κ3) is 2.71. The monoisotopic (exact) mass is 211 g/mol. The molecule has 1 saturated heterocycles. The molecule has 0 aromatic carbocycles. The summed E-state index contributed by atoms with van der Waals surface area (Å²) in [6, 6.07) is 0.815. The summed E-state index contributed by atoms with van der Waals surface area (Å²) < 4.78 is 0. The zero-order valence-electron chi connectivity index (χ0n) is 9.48. The Morgan fingerprint density at radius 2 is 2.20 bits per heavy atom. The predicted octanol–water partition coefficient (Wildman–Crippen LogP) is 1.97. The van der Waals surface area contributed by atoms with Crippen molar-refractivity contribution >= 4 is 5.97 Å². The van der Waals surface area contributed by atoms with Crippen LogP contribution in [0.15, 0.2) is 0 Å². The summed E-state index contributed by atoms with van der Waals surface area (Å²) in [5, 5.41) is 8.63. The Morgan fingerprint density at radius 3 is 2.80 bits per heavy atom. The number of carbonyl (C=O) groups is 1. The molecule has 1 unspecified atom stereocenters. The lowest BCUT2D eigenvalue weighted by Crippen LogP contribution is -2.42. The van der Waals surface area contributed by atoms with E-state index in [0.717, 1.165) is 24.9 Å². The van der Waals surface area contributed by atoms with Crippen molar-refractivity contribution in [1.82, 2.24) is 4.90 Å². The molecular weight excluding hydrogens is 190 g/mol. The number of hydrogen-bond acceptors (Lipinski definition) is 2. The van der Waals surface area contributed by atoms with Gasteiger partial charge in [-0.3, -0.25) is 4.79 Å². The SMILES string of the molecule is CC1CC(N2CCC(CCC(=O)O)C2)C1. The van der Waals surface area contributed by atoms with Gasteiger partial charge in [-0.15, -0.1) is 0 Å². The van der Waals surface area contributed by atoms with Crippen LogP contribution >= 0.6 is 0 Å². The molecule has 0 spiro atoms. The fourth-order valence-electron chi connectivity index (χ4n) is 2.92. The topological polar surface area (TPSA) is 40.5 Å². The first kappa shape index (κ1) is 10.9. The van der Waals surface area contributed by atoms with Gasteiger partial charge in [0.25, 0.3) is 0 Å². The molecular formula is C12H21NO2. The van der Waals surface area contributed by atoms with E-state index in [1.807, 2.05) is 0 Å². The van der Waals surface area contributed by atoms with E-state index in [-0.39, 0.29) is 0 Å². The van der Waals surface area contributed by atoms with Crippen molar-refractivity contribution in [2.24, 2.45) is 11.8 Å². The summed E-state index contributed by atoms with van der Waals surface area (Å²) >= 11 is 0. The van der Waals surface area contributed by atoms with Crippen molar-refractivity contribution in [1.29, 1.82) is 0 Å². The molecule has 3 heteroatoms. The minimum absolute atomic E-state index is 0.347. The van der Waals surface area contributed by atoms with Crippen LogP contribution in [0, 0.1) is 11.8 Å². The molecule has 1 heterocycles.